The highest BCUT2D eigenvalue weighted by Crippen LogP contribution is 2.28. The van der Waals surface area contributed by atoms with Gasteiger partial charge in [-0.25, -0.2) is 4.98 Å². The summed E-state index contributed by atoms with van der Waals surface area (Å²) in [5.41, 5.74) is 2.00. The first-order valence-electron chi connectivity index (χ1n) is 8.37. The second-order valence-corrected chi connectivity index (χ2v) is 6.62. The number of nitrogens with zero attached hydrogens (tertiary/aromatic N) is 3. The number of imidazole rings is 1. The summed E-state index contributed by atoms with van der Waals surface area (Å²) in [6, 6.07) is 7.96. The van der Waals surface area contributed by atoms with E-state index in [1.165, 1.54) is 0 Å². The Hall–Kier alpha value is -1.92. The molecule has 1 aliphatic rings. The second kappa shape index (κ2) is 6.91. The summed E-state index contributed by atoms with van der Waals surface area (Å²) in [6.07, 6.45) is 1.16. The number of para-hydroxylation sites is 2. The number of fused-ring (bicyclic) bond motifs is 1. The maximum Gasteiger partial charge on any atom is 0.225 e. The Morgan fingerprint density at radius 2 is 2.17 bits per heavy atom. The fraction of sp³-hybridized carbons (Fsp3) is 0.556. The minimum atomic E-state index is -0.468. The highest BCUT2D eigenvalue weighted by Gasteiger charge is 2.34. The zero-order chi connectivity index (χ0) is 17.3. The van der Waals surface area contributed by atoms with Crippen LogP contribution in [-0.4, -0.2) is 51.8 Å². The molecular weight excluding hydrogens is 306 g/mol. The van der Waals surface area contributed by atoms with E-state index in [4.69, 9.17) is 4.74 Å². The van der Waals surface area contributed by atoms with Gasteiger partial charge in [0.1, 0.15) is 5.82 Å². The minimum Gasteiger partial charge on any atom is -0.390 e. The van der Waals surface area contributed by atoms with Crippen molar-refractivity contribution in [1.29, 1.82) is 0 Å². The molecule has 1 aromatic heterocycles. The summed E-state index contributed by atoms with van der Waals surface area (Å²) < 4.78 is 7.33. The molecule has 0 spiro atoms. The van der Waals surface area contributed by atoms with Crippen LogP contribution in [0.5, 0.6) is 0 Å². The molecule has 1 aliphatic carbocycles. The molecule has 1 saturated carbocycles. The third kappa shape index (κ3) is 3.16. The van der Waals surface area contributed by atoms with Crippen LogP contribution in [0.1, 0.15) is 25.1 Å². The molecule has 0 saturated heterocycles. The fourth-order valence-corrected chi connectivity index (χ4v) is 3.53. The van der Waals surface area contributed by atoms with E-state index >= 15 is 0 Å². The molecule has 0 bridgehead atoms. The van der Waals surface area contributed by atoms with E-state index in [-0.39, 0.29) is 17.9 Å². The Bertz CT molecular complexity index is 727. The molecule has 130 valence electrons. The van der Waals surface area contributed by atoms with Gasteiger partial charge in [0.25, 0.3) is 0 Å². The molecule has 0 aliphatic heterocycles. The highest BCUT2D eigenvalue weighted by molar-refractivity contribution is 5.79. The van der Waals surface area contributed by atoms with Crippen molar-refractivity contribution in [2.24, 2.45) is 13.0 Å². The zero-order valence-corrected chi connectivity index (χ0v) is 14.5. The number of aromatic nitrogens is 2. The first kappa shape index (κ1) is 16.9. The number of hydrogen-bond acceptors (Lipinski definition) is 4. The van der Waals surface area contributed by atoms with Crippen LogP contribution in [0.3, 0.4) is 0 Å². The molecule has 0 radical (unpaired) electrons. The van der Waals surface area contributed by atoms with Crippen molar-refractivity contribution in [2.75, 3.05) is 14.2 Å². The number of aliphatic hydroxyl groups excluding tert-OH is 1. The molecule has 1 amide bonds. The molecule has 24 heavy (non-hydrogen) atoms. The number of carbonyl (C=O) groups excluding carboxylic acids is 1. The molecule has 6 heteroatoms. The summed E-state index contributed by atoms with van der Waals surface area (Å²) in [5.74, 6) is 0.861. The maximum atomic E-state index is 12.7. The lowest BCUT2D eigenvalue weighted by molar-refractivity contribution is -0.140. The van der Waals surface area contributed by atoms with Gasteiger partial charge >= 0.3 is 0 Å². The van der Waals surface area contributed by atoms with Gasteiger partial charge < -0.3 is 19.3 Å². The van der Waals surface area contributed by atoms with Gasteiger partial charge in [-0.1, -0.05) is 12.1 Å². The predicted octanol–water partition coefficient (Wildman–Crippen LogP) is 1.71. The number of carbonyl (C=O) groups is 1. The largest absolute Gasteiger partial charge is 0.390 e. The first-order chi connectivity index (χ1) is 11.5. The molecule has 1 N–H and O–H groups in total. The summed E-state index contributed by atoms with van der Waals surface area (Å²) in [4.78, 5) is 19.1. The van der Waals surface area contributed by atoms with Gasteiger partial charge in [0.15, 0.2) is 0 Å². The monoisotopic (exact) mass is 331 g/mol. The van der Waals surface area contributed by atoms with Crippen LogP contribution in [0.2, 0.25) is 0 Å². The lowest BCUT2D eigenvalue weighted by atomic mass is 9.84. The topological polar surface area (TPSA) is 67.6 Å². The SMILES string of the molecule is CO[C@@H]1C[C@H](C(=O)N(C)Cc2nc3ccccc3n2C)CC[C@@H]1O. The van der Waals surface area contributed by atoms with Gasteiger partial charge in [0.2, 0.25) is 5.91 Å². The molecule has 1 fully saturated rings. The van der Waals surface area contributed by atoms with Crippen LogP contribution in [0.15, 0.2) is 24.3 Å². The van der Waals surface area contributed by atoms with Crippen LogP contribution in [0, 0.1) is 5.92 Å². The van der Waals surface area contributed by atoms with E-state index in [0.717, 1.165) is 16.9 Å². The number of methoxy groups -OCH3 is 1. The normalized spacial score (nSPS) is 24.2. The first-order valence-corrected chi connectivity index (χ1v) is 8.37. The standard InChI is InChI=1S/C18H25N3O3/c1-20(18(23)12-8-9-15(22)16(10-12)24-3)11-17-19-13-6-4-5-7-14(13)21(17)2/h4-7,12,15-16,22H,8-11H2,1-3H3/t12-,15+,16-/m1/s1. The number of ether oxygens (including phenoxy) is 1. The van der Waals surface area contributed by atoms with Crippen LogP contribution >= 0.6 is 0 Å². The summed E-state index contributed by atoms with van der Waals surface area (Å²) >= 11 is 0. The smallest absolute Gasteiger partial charge is 0.225 e. The van der Waals surface area contributed by atoms with E-state index in [1.807, 2.05) is 42.9 Å². The van der Waals surface area contributed by atoms with E-state index in [1.54, 1.807) is 12.0 Å². The van der Waals surface area contributed by atoms with Crippen molar-refractivity contribution in [3.8, 4) is 0 Å². The second-order valence-electron chi connectivity index (χ2n) is 6.62. The Balaban J connectivity index is 1.70. The van der Waals surface area contributed by atoms with Gasteiger partial charge in [0, 0.05) is 27.1 Å². The molecule has 3 rings (SSSR count). The highest BCUT2D eigenvalue weighted by atomic mass is 16.5. The van der Waals surface area contributed by atoms with Crippen LogP contribution < -0.4 is 0 Å². The number of benzene rings is 1. The van der Waals surface area contributed by atoms with Crippen molar-refractivity contribution in [1.82, 2.24) is 14.5 Å². The third-order valence-electron chi connectivity index (χ3n) is 5.04. The van der Waals surface area contributed by atoms with E-state index < -0.39 is 6.10 Å². The quantitative estimate of drug-likeness (QED) is 0.926. The van der Waals surface area contributed by atoms with Crippen LogP contribution in [0.25, 0.3) is 11.0 Å². The fourth-order valence-electron chi connectivity index (χ4n) is 3.53. The Morgan fingerprint density at radius 3 is 2.88 bits per heavy atom. The Morgan fingerprint density at radius 1 is 1.42 bits per heavy atom. The van der Waals surface area contributed by atoms with Gasteiger partial charge in [-0.3, -0.25) is 4.79 Å². The number of rotatable bonds is 4. The van der Waals surface area contributed by atoms with E-state index in [2.05, 4.69) is 4.98 Å². The van der Waals surface area contributed by atoms with Crippen LogP contribution in [0.4, 0.5) is 0 Å². The van der Waals surface area contributed by atoms with Crippen molar-refractivity contribution < 1.29 is 14.6 Å². The molecule has 6 nitrogen and oxygen atoms in total. The Labute approximate surface area is 142 Å². The van der Waals surface area contributed by atoms with E-state index in [9.17, 15) is 9.90 Å². The molecule has 1 heterocycles. The lowest BCUT2D eigenvalue weighted by Gasteiger charge is -2.33. The van der Waals surface area contributed by atoms with E-state index in [0.29, 0.717) is 25.8 Å². The van der Waals surface area contributed by atoms with Crippen LogP contribution in [-0.2, 0) is 23.1 Å². The van der Waals surface area contributed by atoms with Crippen molar-refractivity contribution >= 4 is 16.9 Å². The molecule has 1 aromatic carbocycles. The molecule has 2 aromatic rings. The zero-order valence-electron chi connectivity index (χ0n) is 14.5. The van der Waals surface area contributed by atoms with Crippen molar-refractivity contribution in [2.45, 2.75) is 38.0 Å². The predicted molar refractivity (Wildman–Crippen MR) is 91.3 cm³/mol. The lowest BCUT2D eigenvalue weighted by Crippen LogP contribution is -2.42. The van der Waals surface area contributed by atoms with Crippen molar-refractivity contribution in [3.05, 3.63) is 30.1 Å². The Kier molecular flexibility index (Phi) is 4.87. The van der Waals surface area contributed by atoms with Gasteiger partial charge in [-0.05, 0) is 31.4 Å². The summed E-state index contributed by atoms with van der Waals surface area (Å²) in [6.45, 7) is 0.473. The molecule has 0 unspecified atom stereocenters. The molecular formula is C18H25N3O3. The maximum absolute atomic E-state index is 12.7. The number of aryl methyl sites for hydroxylation is 1. The number of hydrogen-bond donors (Lipinski definition) is 1. The molecule has 3 atom stereocenters. The van der Waals surface area contributed by atoms with Gasteiger partial charge in [-0.15, -0.1) is 0 Å². The number of aliphatic hydroxyl groups is 1. The average Bonchev–Trinajstić information content (AvgIpc) is 2.91. The third-order valence-corrected chi connectivity index (χ3v) is 5.04. The average molecular weight is 331 g/mol. The summed E-state index contributed by atoms with van der Waals surface area (Å²) in [5, 5.41) is 9.90. The minimum absolute atomic E-state index is 0.0935. The van der Waals surface area contributed by atoms with Gasteiger partial charge in [-0.2, -0.15) is 0 Å². The summed E-state index contributed by atoms with van der Waals surface area (Å²) in [7, 11) is 5.37. The number of amides is 1. The van der Waals surface area contributed by atoms with Gasteiger partial charge in [0.05, 0.1) is 29.8 Å². The van der Waals surface area contributed by atoms with Crippen molar-refractivity contribution in [3.63, 3.8) is 0 Å².